The van der Waals surface area contributed by atoms with Gasteiger partial charge in [0.05, 0.1) is 0 Å². The van der Waals surface area contributed by atoms with E-state index in [0.717, 1.165) is 0 Å². The Hall–Kier alpha value is -1.40. The predicted octanol–water partition coefficient (Wildman–Crippen LogP) is 0.349. The zero-order valence-corrected chi connectivity index (χ0v) is 7.86. The van der Waals surface area contributed by atoms with Gasteiger partial charge in [-0.25, -0.2) is 0 Å². The summed E-state index contributed by atoms with van der Waals surface area (Å²) in [5.74, 6) is 0.0213. The summed E-state index contributed by atoms with van der Waals surface area (Å²) < 4.78 is 29.1. The van der Waals surface area contributed by atoms with Crippen LogP contribution >= 0.6 is 0 Å². The molecule has 0 atom stereocenters. The fourth-order valence-electron chi connectivity index (χ4n) is 0.872. The molecule has 1 rings (SSSR count). The van der Waals surface area contributed by atoms with E-state index in [1.165, 1.54) is 24.3 Å². The number of benzene rings is 1. The molecule has 0 heterocycles. The van der Waals surface area contributed by atoms with Crippen LogP contribution in [0.25, 0.3) is 0 Å². The van der Waals surface area contributed by atoms with Crippen molar-refractivity contribution in [3.63, 3.8) is 0 Å². The Bertz CT molecular complexity index is 431. The van der Waals surface area contributed by atoms with Crippen molar-refractivity contribution in [1.29, 1.82) is 0 Å². The van der Waals surface area contributed by atoms with Gasteiger partial charge in [0.1, 0.15) is 5.75 Å². The highest BCUT2D eigenvalue weighted by Gasteiger charge is 2.18. The second-order valence-electron chi connectivity index (χ2n) is 2.69. The molecular formula is C8H8O5S. The molecule has 1 aromatic carbocycles. The van der Waals surface area contributed by atoms with Crippen LogP contribution in [-0.2, 0) is 21.3 Å². The van der Waals surface area contributed by atoms with Gasteiger partial charge in [-0.2, -0.15) is 8.42 Å². The van der Waals surface area contributed by atoms with Crippen LogP contribution in [0.5, 0.6) is 5.75 Å². The van der Waals surface area contributed by atoms with Crippen LogP contribution in [-0.4, -0.2) is 23.2 Å². The molecule has 0 saturated heterocycles. The highest BCUT2D eigenvalue weighted by molar-refractivity contribution is 8.01. The standard InChI is InChI=1S/C8H8O5S/c9-7-3-1-6(2-4-7)5-8(10)14(11,12)13/h1-4,9H,5H2,(H,11,12,13). The molecule has 6 heteroatoms. The molecule has 0 bridgehead atoms. The van der Waals surface area contributed by atoms with Crippen LogP contribution in [0.1, 0.15) is 5.56 Å². The van der Waals surface area contributed by atoms with E-state index in [-0.39, 0.29) is 5.75 Å². The molecule has 0 aliphatic carbocycles. The lowest BCUT2D eigenvalue weighted by atomic mass is 10.2. The molecule has 0 fully saturated rings. The van der Waals surface area contributed by atoms with Gasteiger partial charge in [-0.1, -0.05) is 12.1 Å². The summed E-state index contributed by atoms with van der Waals surface area (Å²) in [7, 11) is -4.61. The summed E-state index contributed by atoms with van der Waals surface area (Å²) in [5, 5.41) is 7.64. The van der Waals surface area contributed by atoms with Gasteiger partial charge in [-0.05, 0) is 17.7 Å². The second kappa shape index (κ2) is 3.77. The average Bonchev–Trinajstić information content (AvgIpc) is 2.07. The molecular weight excluding hydrogens is 208 g/mol. The molecule has 0 radical (unpaired) electrons. The maximum Gasteiger partial charge on any atom is 0.329 e. The quantitative estimate of drug-likeness (QED) is 0.696. The number of carbonyl (C=O) groups is 1. The maximum atomic E-state index is 10.8. The number of hydrogen-bond donors (Lipinski definition) is 2. The van der Waals surface area contributed by atoms with Gasteiger partial charge >= 0.3 is 10.1 Å². The molecule has 0 spiro atoms. The Balaban J connectivity index is 2.81. The van der Waals surface area contributed by atoms with Crippen molar-refractivity contribution in [2.24, 2.45) is 0 Å². The Labute approximate surface area is 80.7 Å². The van der Waals surface area contributed by atoms with Crippen molar-refractivity contribution in [2.75, 3.05) is 0 Å². The van der Waals surface area contributed by atoms with Crippen LogP contribution < -0.4 is 0 Å². The summed E-state index contributed by atoms with van der Waals surface area (Å²) in [4.78, 5) is 10.8. The van der Waals surface area contributed by atoms with Gasteiger partial charge in [-0.3, -0.25) is 9.35 Å². The van der Waals surface area contributed by atoms with E-state index in [0.29, 0.717) is 5.56 Å². The first kappa shape index (κ1) is 10.7. The minimum Gasteiger partial charge on any atom is -0.508 e. The predicted molar refractivity (Wildman–Crippen MR) is 48.4 cm³/mol. The fourth-order valence-corrected chi connectivity index (χ4v) is 1.22. The van der Waals surface area contributed by atoms with Gasteiger partial charge in [0.25, 0.3) is 5.12 Å². The highest BCUT2D eigenvalue weighted by Crippen LogP contribution is 2.10. The normalized spacial score (nSPS) is 11.2. The first-order valence-electron chi connectivity index (χ1n) is 3.68. The van der Waals surface area contributed by atoms with Crippen molar-refractivity contribution in [3.05, 3.63) is 29.8 Å². The second-order valence-corrected chi connectivity index (χ2v) is 4.10. The molecule has 0 aliphatic heterocycles. The highest BCUT2D eigenvalue weighted by atomic mass is 32.2. The lowest BCUT2D eigenvalue weighted by Crippen LogP contribution is -2.15. The lowest BCUT2D eigenvalue weighted by Gasteiger charge is -1.98. The Morgan fingerprint density at radius 3 is 2.14 bits per heavy atom. The summed E-state index contributed by atoms with van der Waals surface area (Å²) in [6.45, 7) is 0. The zero-order valence-electron chi connectivity index (χ0n) is 7.04. The molecule has 0 amide bonds. The van der Waals surface area contributed by atoms with E-state index in [1.54, 1.807) is 0 Å². The van der Waals surface area contributed by atoms with E-state index in [2.05, 4.69) is 0 Å². The maximum absolute atomic E-state index is 10.8. The first-order chi connectivity index (χ1) is 6.39. The van der Waals surface area contributed by atoms with Crippen molar-refractivity contribution in [3.8, 4) is 5.75 Å². The monoisotopic (exact) mass is 216 g/mol. The smallest absolute Gasteiger partial charge is 0.329 e. The van der Waals surface area contributed by atoms with Gasteiger partial charge in [0.2, 0.25) is 0 Å². The summed E-state index contributed by atoms with van der Waals surface area (Å²) >= 11 is 0. The largest absolute Gasteiger partial charge is 0.508 e. The SMILES string of the molecule is O=C(Cc1ccc(O)cc1)S(=O)(=O)O. The van der Waals surface area contributed by atoms with Crippen LogP contribution in [0.4, 0.5) is 0 Å². The van der Waals surface area contributed by atoms with Crippen LogP contribution in [0.3, 0.4) is 0 Å². The van der Waals surface area contributed by atoms with Crippen LogP contribution in [0.2, 0.25) is 0 Å². The minimum atomic E-state index is -4.61. The fraction of sp³-hybridized carbons (Fsp3) is 0.125. The third-order valence-electron chi connectivity index (χ3n) is 1.57. The minimum absolute atomic E-state index is 0.0213. The molecule has 14 heavy (non-hydrogen) atoms. The van der Waals surface area contributed by atoms with Crippen LogP contribution in [0, 0.1) is 0 Å². The van der Waals surface area contributed by atoms with Crippen molar-refractivity contribution >= 4 is 15.2 Å². The van der Waals surface area contributed by atoms with E-state index < -0.39 is 21.7 Å². The van der Waals surface area contributed by atoms with Gasteiger partial charge < -0.3 is 5.11 Å². The molecule has 0 unspecified atom stereocenters. The number of rotatable bonds is 2. The van der Waals surface area contributed by atoms with Crippen molar-refractivity contribution in [1.82, 2.24) is 0 Å². The number of carbonyl (C=O) groups excluding carboxylic acids is 1. The molecule has 1 aromatic rings. The van der Waals surface area contributed by atoms with E-state index >= 15 is 0 Å². The van der Waals surface area contributed by atoms with Crippen molar-refractivity contribution in [2.45, 2.75) is 6.42 Å². The van der Waals surface area contributed by atoms with Crippen molar-refractivity contribution < 1.29 is 22.9 Å². The molecule has 0 aliphatic rings. The van der Waals surface area contributed by atoms with E-state index in [4.69, 9.17) is 9.66 Å². The Kier molecular flexibility index (Phi) is 2.87. The molecule has 0 saturated carbocycles. The average molecular weight is 216 g/mol. The number of phenolic OH excluding ortho intramolecular Hbond substituents is 1. The first-order valence-corrected chi connectivity index (χ1v) is 5.12. The van der Waals surface area contributed by atoms with E-state index in [1.807, 2.05) is 0 Å². The number of aromatic hydroxyl groups is 1. The van der Waals surface area contributed by atoms with Gasteiger partial charge in [0.15, 0.2) is 0 Å². The lowest BCUT2D eigenvalue weighted by molar-refractivity contribution is -0.111. The topological polar surface area (TPSA) is 91.7 Å². The Morgan fingerprint density at radius 1 is 1.21 bits per heavy atom. The summed E-state index contributed by atoms with van der Waals surface area (Å²) in [5.41, 5.74) is 0.408. The summed E-state index contributed by atoms with van der Waals surface area (Å²) in [6, 6.07) is 5.45. The number of phenols is 1. The molecule has 76 valence electrons. The zero-order chi connectivity index (χ0) is 10.8. The molecule has 2 N–H and O–H groups in total. The Morgan fingerprint density at radius 2 is 1.71 bits per heavy atom. The third kappa shape index (κ3) is 2.82. The number of hydrogen-bond acceptors (Lipinski definition) is 4. The summed E-state index contributed by atoms with van der Waals surface area (Å²) in [6.07, 6.45) is -0.404. The van der Waals surface area contributed by atoms with Crippen LogP contribution in [0.15, 0.2) is 24.3 Å². The van der Waals surface area contributed by atoms with E-state index in [9.17, 15) is 13.2 Å². The van der Waals surface area contributed by atoms with Gasteiger partial charge in [0, 0.05) is 6.42 Å². The molecule has 5 nitrogen and oxygen atoms in total. The van der Waals surface area contributed by atoms with Gasteiger partial charge in [-0.15, -0.1) is 0 Å². The third-order valence-corrected chi connectivity index (χ3v) is 2.29. The molecule has 0 aromatic heterocycles.